The van der Waals surface area contributed by atoms with Crippen LogP contribution in [0.15, 0.2) is 34.9 Å². The zero-order valence-corrected chi connectivity index (χ0v) is 13.3. The number of aromatic nitrogens is 1. The summed E-state index contributed by atoms with van der Waals surface area (Å²) >= 11 is 5.87. The summed E-state index contributed by atoms with van der Waals surface area (Å²) in [6.45, 7) is 1.45. The number of piperidine rings is 1. The average Bonchev–Trinajstić information content (AvgIpc) is 2.96. The second-order valence-electron chi connectivity index (χ2n) is 5.90. The molecule has 0 aliphatic carbocycles. The van der Waals surface area contributed by atoms with E-state index in [1.165, 1.54) is 0 Å². The number of benzene rings is 1. The third-order valence-electron chi connectivity index (χ3n) is 4.09. The predicted octanol–water partition coefficient (Wildman–Crippen LogP) is 1.81. The first-order valence-corrected chi connectivity index (χ1v) is 7.80. The van der Waals surface area contributed by atoms with E-state index in [1.54, 1.807) is 12.1 Å². The highest BCUT2D eigenvalue weighted by atomic mass is 35.5. The smallest absolute Gasteiger partial charge is 0.250 e. The molecule has 0 saturated carbocycles. The molecule has 1 saturated heterocycles. The van der Waals surface area contributed by atoms with E-state index in [1.807, 2.05) is 23.1 Å². The summed E-state index contributed by atoms with van der Waals surface area (Å²) in [5.74, 6) is -0.00899. The quantitative estimate of drug-likeness (QED) is 0.888. The van der Waals surface area contributed by atoms with Crippen LogP contribution in [-0.4, -0.2) is 39.8 Å². The molecule has 122 valence electrons. The van der Waals surface area contributed by atoms with Gasteiger partial charge in [-0.1, -0.05) is 28.9 Å². The second-order valence-corrected chi connectivity index (χ2v) is 6.33. The highest BCUT2D eigenvalue weighted by molar-refractivity contribution is 6.30. The third-order valence-corrected chi connectivity index (χ3v) is 4.34. The van der Waals surface area contributed by atoms with Gasteiger partial charge in [-0.05, 0) is 31.5 Å². The van der Waals surface area contributed by atoms with Crippen molar-refractivity contribution in [1.82, 2.24) is 10.1 Å². The number of amides is 1. The maximum atomic E-state index is 11.4. The monoisotopic (exact) mass is 335 g/mol. The summed E-state index contributed by atoms with van der Waals surface area (Å²) in [7, 11) is 0. The van der Waals surface area contributed by atoms with E-state index >= 15 is 0 Å². The van der Waals surface area contributed by atoms with Crippen LogP contribution in [0.5, 0.6) is 0 Å². The number of primary amides is 1. The van der Waals surface area contributed by atoms with Gasteiger partial charge in [-0.2, -0.15) is 0 Å². The summed E-state index contributed by atoms with van der Waals surface area (Å²) in [5, 5.41) is 14.9. The maximum absolute atomic E-state index is 11.4. The molecule has 0 radical (unpaired) electrons. The van der Waals surface area contributed by atoms with Crippen molar-refractivity contribution in [2.45, 2.75) is 25.0 Å². The molecule has 0 spiro atoms. The van der Waals surface area contributed by atoms with Gasteiger partial charge in [0.2, 0.25) is 0 Å². The van der Waals surface area contributed by atoms with Crippen LogP contribution in [0.4, 0.5) is 0 Å². The Bertz CT molecular complexity index is 701. The Hall–Kier alpha value is -1.89. The number of nitrogens with zero attached hydrogens (tertiary/aromatic N) is 2. The lowest BCUT2D eigenvalue weighted by molar-refractivity contribution is -0.142. The third kappa shape index (κ3) is 3.55. The van der Waals surface area contributed by atoms with Gasteiger partial charge in [0.15, 0.2) is 11.4 Å². The minimum atomic E-state index is -1.46. The van der Waals surface area contributed by atoms with Gasteiger partial charge in [-0.25, -0.2) is 0 Å². The number of hydrogen-bond acceptors (Lipinski definition) is 5. The van der Waals surface area contributed by atoms with Crippen molar-refractivity contribution in [3.63, 3.8) is 0 Å². The van der Waals surface area contributed by atoms with Crippen LogP contribution in [0.2, 0.25) is 5.02 Å². The largest absolute Gasteiger partial charge is 0.379 e. The number of hydrogen-bond donors (Lipinski definition) is 2. The molecule has 2 heterocycles. The van der Waals surface area contributed by atoms with E-state index in [0.717, 1.165) is 17.8 Å². The second kappa shape index (κ2) is 6.31. The van der Waals surface area contributed by atoms with Crippen LogP contribution >= 0.6 is 11.6 Å². The fourth-order valence-corrected chi connectivity index (χ4v) is 2.95. The van der Waals surface area contributed by atoms with Crippen molar-refractivity contribution >= 4 is 17.5 Å². The van der Waals surface area contributed by atoms with Crippen molar-refractivity contribution in [2.75, 3.05) is 13.1 Å². The summed E-state index contributed by atoms with van der Waals surface area (Å²) in [4.78, 5) is 13.3. The molecule has 2 aromatic rings. The highest BCUT2D eigenvalue weighted by Gasteiger charge is 2.38. The molecule has 23 heavy (non-hydrogen) atoms. The summed E-state index contributed by atoms with van der Waals surface area (Å²) < 4.78 is 5.36. The zero-order valence-electron chi connectivity index (χ0n) is 12.5. The van der Waals surface area contributed by atoms with E-state index in [-0.39, 0.29) is 6.54 Å². The summed E-state index contributed by atoms with van der Waals surface area (Å²) in [6.07, 6.45) is 1.10. The van der Waals surface area contributed by atoms with Gasteiger partial charge in [0, 0.05) is 23.2 Å². The molecule has 1 aliphatic rings. The van der Waals surface area contributed by atoms with E-state index in [9.17, 15) is 9.90 Å². The Morgan fingerprint density at radius 2 is 2.17 bits per heavy atom. The van der Waals surface area contributed by atoms with Gasteiger partial charge in [0.1, 0.15) is 5.69 Å². The molecule has 1 amide bonds. The molecule has 7 heteroatoms. The first-order chi connectivity index (χ1) is 11.0. The van der Waals surface area contributed by atoms with E-state index in [0.29, 0.717) is 30.2 Å². The molecule has 1 atom stereocenters. The average molecular weight is 336 g/mol. The van der Waals surface area contributed by atoms with E-state index in [2.05, 4.69) is 5.16 Å². The number of nitrogens with two attached hydrogens (primary N) is 1. The lowest BCUT2D eigenvalue weighted by Crippen LogP contribution is -2.55. The number of carbonyl (C=O) groups excluding carboxylic acids is 1. The molecule has 1 aromatic carbocycles. The SMILES string of the molecule is NC(=O)[C@@]1(O)CCCN(Cc2cc(-c3ccc(Cl)cc3)no2)C1. The number of likely N-dealkylation sites (tertiary alicyclic amines) is 1. The number of halogens is 1. The fourth-order valence-electron chi connectivity index (χ4n) is 2.82. The van der Waals surface area contributed by atoms with Crippen molar-refractivity contribution in [1.29, 1.82) is 0 Å². The minimum Gasteiger partial charge on any atom is -0.379 e. The van der Waals surface area contributed by atoms with Gasteiger partial charge in [0.05, 0.1) is 6.54 Å². The number of β-amino-alcohol motifs (C(OH)–C–C–N with tert-alkyl or cyclic N) is 1. The van der Waals surface area contributed by atoms with Crippen molar-refractivity contribution in [3.05, 3.63) is 41.1 Å². The minimum absolute atomic E-state index is 0.208. The van der Waals surface area contributed by atoms with Crippen molar-refractivity contribution in [3.8, 4) is 11.3 Å². The normalized spacial score (nSPS) is 22.2. The van der Waals surface area contributed by atoms with Gasteiger partial charge >= 0.3 is 0 Å². The van der Waals surface area contributed by atoms with Crippen LogP contribution in [0.1, 0.15) is 18.6 Å². The number of aliphatic hydroxyl groups is 1. The first-order valence-electron chi connectivity index (χ1n) is 7.42. The Balaban J connectivity index is 1.69. The molecule has 0 unspecified atom stereocenters. The standard InChI is InChI=1S/C16H18ClN3O3/c17-12-4-2-11(3-5-12)14-8-13(23-19-14)9-20-7-1-6-16(22,10-20)15(18)21/h2-5,8,22H,1,6-7,9-10H2,(H2,18,21)/t16-/m1/s1. The van der Waals surface area contributed by atoms with E-state index in [4.69, 9.17) is 21.9 Å². The Kier molecular flexibility index (Phi) is 4.39. The van der Waals surface area contributed by atoms with Crippen LogP contribution in [-0.2, 0) is 11.3 Å². The van der Waals surface area contributed by atoms with Gasteiger partial charge in [-0.3, -0.25) is 9.69 Å². The van der Waals surface area contributed by atoms with Crippen LogP contribution in [0, 0.1) is 0 Å². The molecule has 6 nitrogen and oxygen atoms in total. The fraction of sp³-hybridized carbons (Fsp3) is 0.375. The molecule has 3 rings (SSSR count). The highest BCUT2D eigenvalue weighted by Crippen LogP contribution is 2.25. The van der Waals surface area contributed by atoms with Gasteiger partial charge < -0.3 is 15.4 Å². The number of rotatable bonds is 4. The summed E-state index contributed by atoms with van der Waals surface area (Å²) in [5.41, 5.74) is 5.46. The molecular formula is C16H18ClN3O3. The van der Waals surface area contributed by atoms with Crippen LogP contribution in [0.3, 0.4) is 0 Å². The van der Waals surface area contributed by atoms with Crippen LogP contribution in [0.25, 0.3) is 11.3 Å². The molecule has 0 bridgehead atoms. The van der Waals surface area contributed by atoms with Gasteiger partial charge in [-0.15, -0.1) is 0 Å². The Morgan fingerprint density at radius 1 is 1.43 bits per heavy atom. The molecule has 1 aliphatic heterocycles. The van der Waals surface area contributed by atoms with Crippen molar-refractivity contribution in [2.24, 2.45) is 5.73 Å². The van der Waals surface area contributed by atoms with Gasteiger partial charge in [0.25, 0.3) is 5.91 Å². The molecule has 1 fully saturated rings. The Morgan fingerprint density at radius 3 is 2.87 bits per heavy atom. The predicted molar refractivity (Wildman–Crippen MR) is 85.6 cm³/mol. The van der Waals surface area contributed by atoms with Crippen molar-refractivity contribution < 1.29 is 14.4 Å². The topological polar surface area (TPSA) is 92.6 Å². The molecular weight excluding hydrogens is 318 g/mol. The summed E-state index contributed by atoms with van der Waals surface area (Å²) in [6, 6.07) is 9.18. The zero-order chi connectivity index (χ0) is 16.4. The molecule has 3 N–H and O–H groups in total. The Labute approximate surface area is 138 Å². The maximum Gasteiger partial charge on any atom is 0.250 e. The lowest BCUT2D eigenvalue weighted by Gasteiger charge is -2.36. The van der Waals surface area contributed by atoms with E-state index < -0.39 is 11.5 Å². The molecule has 1 aromatic heterocycles. The van der Waals surface area contributed by atoms with Crippen LogP contribution < -0.4 is 5.73 Å². The lowest BCUT2D eigenvalue weighted by atomic mass is 9.92. The number of carbonyl (C=O) groups is 1. The first kappa shape index (κ1) is 16.0.